The number of carbonyl (C=O) groups is 1. The maximum Gasteiger partial charge on any atom is 0.315 e. The molecular weight excluding hydrogens is 394 g/mol. The van der Waals surface area contributed by atoms with E-state index in [0.717, 1.165) is 16.8 Å². The molecule has 3 N–H and O–H groups in total. The first-order valence-electron chi connectivity index (χ1n) is 10.3. The molecule has 0 aliphatic rings. The van der Waals surface area contributed by atoms with Crippen molar-refractivity contribution < 1.29 is 9.53 Å². The number of rotatable bonds is 7. The summed E-state index contributed by atoms with van der Waals surface area (Å²) in [4.78, 5) is 21.3. The summed E-state index contributed by atoms with van der Waals surface area (Å²) in [7, 11) is 1.61. The summed E-state index contributed by atoms with van der Waals surface area (Å²) in [5.41, 5.74) is 3.35. The summed E-state index contributed by atoms with van der Waals surface area (Å²) in [5, 5.41) is 14.6. The Morgan fingerprint density at radius 1 is 1.10 bits per heavy atom. The molecule has 9 nitrogen and oxygen atoms in total. The van der Waals surface area contributed by atoms with Crippen molar-refractivity contribution in [1.82, 2.24) is 30.4 Å². The Morgan fingerprint density at radius 2 is 1.81 bits per heavy atom. The molecule has 0 fully saturated rings. The van der Waals surface area contributed by atoms with Gasteiger partial charge in [-0.25, -0.2) is 19.4 Å². The third-order valence-electron chi connectivity index (χ3n) is 4.49. The predicted octanol–water partition coefficient (Wildman–Crippen LogP) is 3.09. The maximum absolute atomic E-state index is 12.0. The Kier molecular flexibility index (Phi) is 6.74. The molecule has 0 aliphatic heterocycles. The van der Waals surface area contributed by atoms with E-state index in [1.165, 1.54) is 5.56 Å². The monoisotopic (exact) mass is 425 g/mol. The Morgan fingerprint density at radius 3 is 2.45 bits per heavy atom. The van der Waals surface area contributed by atoms with Crippen LogP contribution >= 0.6 is 0 Å². The Balaban J connectivity index is 1.85. The van der Waals surface area contributed by atoms with Crippen LogP contribution in [0.2, 0.25) is 0 Å². The first-order valence-corrected chi connectivity index (χ1v) is 10.3. The molecule has 9 heteroatoms. The fraction of sp³-hybridized carbons (Fsp3) is 0.455. The number of hydrogen-bond acceptors (Lipinski definition) is 6. The molecule has 2 aromatic heterocycles. The van der Waals surface area contributed by atoms with Gasteiger partial charge < -0.3 is 20.7 Å². The van der Waals surface area contributed by atoms with Gasteiger partial charge in [-0.05, 0) is 46.8 Å². The summed E-state index contributed by atoms with van der Waals surface area (Å²) < 4.78 is 7.08. The largest absolute Gasteiger partial charge is 0.377 e. The number of carbonyl (C=O) groups excluding carboxylic acids is 1. The quantitative estimate of drug-likeness (QED) is 0.502. The summed E-state index contributed by atoms with van der Waals surface area (Å²) in [5.74, 6) is 1.23. The number of amides is 2. The standard InChI is InChI=1S/C22H31N7O2/c1-14-7-9-16(10-8-14)29-20-18(15(2)28-29)19(25-17(26-20)13-31-6)23-11-12-24-21(30)27-22(3,4)5/h7-10H,11-13H2,1-6H3,(H,23,25,26)(H2,24,27,30). The van der Waals surface area contributed by atoms with Crippen LogP contribution in [0.3, 0.4) is 0 Å². The smallest absolute Gasteiger partial charge is 0.315 e. The zero-order valence-electron chi connectivity index (χ0n) is 19.0. The molecule has 0 aliphatic carbocycles. The van der Waals surface area contributed by atoms with Gasteiger partial charge in [0.15, 0.2) is 11.5 Å². The van der Waals surface area contributed by atoms with Gasteiger partial charge in [-0.15, -0.1) is 0 Å². The van der Waals surface area contributed by atoms with Crippen molar-refractivity contribution in [3.8, 4) is 5.69 Å². The number of nitrogens with zero attached hydrogens (tertiary/aromatic N) is 4. The lowest BCUT2D eigenvalue weighted by Gasteiger charge is -2.20. The van der Waals surface area contributed by atoms with Gasteiger partial charge in [-0.3, -0.25) is 0 Å². The van der Waals surface area contributed by atoms with Gasteiger partial charge in [0.05, 0.1) is 16.8 Å². The molecule has 1 aromatic carbocycles. The van der Waals surface area contributed by atoms with E-state index in [0.29, 0.717) is 30.4 Å². The third-order valence-corrected chi connectivity index (χ3v) is 4.49. The molecule has 2 heterocycles. The minimum absolute atomic E-state index is 0.203. The second-order valence-corrected chi connectivity index (χ2v) is 8.51. The first-order chi connectivity index (χ1) is 14.7. The number of benzene rings is 1. The molecule has 31 heavy (non-hydrogen) atoms. The van der Waals surface area contributed by atoms with Gasteiger partial charge in [0, 0.05) is 25.7 Å². The van der Waals surface area contributed by atoms with E-state index >= 15 is 0 Å². The highest BCUT2D eigenvalue weighted by atomic mass is 16.5. The van der Waals surface area contributed by atoms with Gasteiger partial charge in [0.2, 0.25) is 0 Å². The number of ether oxygens (including phenoxy) is 1. The number of aromatic nitrogens is 4. The van der Waals surface area contributed by atoms with Crippen LogP contribution in [0.4, 0.5) is 10.6 Å². The lowest BCUT2D eigenvalue weighted by Crippen LogP contribution is -2.47. The van der Waals surface area contributed by atoms with E-state index in [9.17, 15) is 4.79 Å². The average Bonchev–Trinajstić information content (AvgIpc) is 3.01. The molecule has 0 saturated heterocycles. The number of hydrogen-bond donors (Lipinski definition) is 3. The highest BCUT2D eigenvalue weighted by molar-refractivity contribution is 5.90. The molecule has 0 atom stereocenters. The Labute approximate surface area is 182 Å². The third kappa shape index (κ3) is 5.69. The van der Waals surface area contributed by atoms with Gasteiger partial charge in [-0.1, -0.05) is 17.7 Å². The van der Waals surface area contributed by atoms with E-state index < -0.39 is 0 Å². The lowest BCUT2D eigenvalue weighted by atomic mass is 10.1. The molecule has 0 bridgehead atoms. The number of methoxy groups -OCH3 is 1. The molecule has 3 rings (SSSR count). The highest BCUT2D eigenvalue weighted by Gasteiger charge is 2.18. The highest BCUT2D eigenvalue weighted by Crippen LogP contribution is 2.26. The van der Waals surface area contributed by atoms with Crippen LogP contribution in [0.1, 0.15) is 37.9 Å². The van der Waals surface area contributed by atoms with Crippen LogP contribution in [0, 0.1) is 13.8 Å². The van der Waals surface area contributed by atoms with Gasteiger partial charge in [0.1, 0.15) is 12.4 Å². The molecule has 166 valence electrons. The fourth-order valence-electron chi connectivity index (χ4n) is 3.16. The average molecular weight is 426 g/mol. The molecular formula is C22H31N7O2. The normalized spacial score (nSPS) is 11.5. The van der Waals surface area contributed by atoms with E-state index in [2.05, 4.69) is 25.9 Å². The van der Waals surface area contributed by atoms with Gasteiger partial charge in [-0.2, -0.15) is 5.10 Å². The summed E-state index contributed by atoms with van der Waals surface area (Å²) >= 11 is 0. The second-order valence-electron chi connectivity index (χ2n) is 8.51. The summed E-state index contributed by atoms with van der Waals surface area (Å²) in [6.07, 6.45) is 0. The van der Waals surface area contributed by atoms with Gasteiger partial charge in [0.25, 0.3) is 0 Å². The molecule has 0 radical (unpaired) electrons. The number of anilines is 1. The van der Waals surface area contributed by atoms with Crippen molar-refractivity contribution in [3.63, 3.8) is 0 Å². The van der Waals surface area contributed by atoms with Crippen molar-refractivity contribution in [1.29, 1.82) is 0 Å². The summed E-state index contributed by atoms with van der Waals surface area (Å²) in [6, 6.07) is 7.92. The van der Waals surface area contributed by atoms with Crippen molar-refractivity contribution in [2.75, 3.05) is 25.5 Å². The first kappa shape index (κ1) is 22.5. The zero-order valence-corrected chi connectivity index (χ0v) is 19.0. The van der Waals surface area contributed by atoms with Crippen LogP contribution in [-0.2, 0) is 11.3 Å². The van der Waals surface area contributed by atoms with E-state index in [1.807, 2.05) is 63.6 Å². The van der Waals surface area contributed by atoms with Crippen LogP contribution in [-0.4, -0.2) is 51.5 Å². The lowest BCUT2D eigenvalue weighted by molar-refractivity contribution is 0.178. The van der Waals surface area contributed by atoms with Crippen LogP contribution in [0.25, 0.3) is 16.7 Å². The van der Waals surface area contributed by atoms with E-state index in [1.54, 1.807) is 7.11 Å². The minimum atomic E-state index is -0.285. The van der Waals surface area contributed by atoms with Crippen molar-refractivity contribution in [3.05, 3.63) is 41.3 Å². The number of nitrogens with one attached hydrogen (secondary N) is 3. The second kappa shape index (κ2) is 9.30. The van der Waals surface area contributed by atoms with Crippen molar-refractivity contribution >= 4 is 22.9 Å². The molecule has 0 spiro atoms. The number of fused-ring (bicyclic) bond motifs is 1. The SMILES string of the molecule is COCc1nc(NCCNC(=O)NC(C)(C)C)c2c(C)nn(-c3ccc(C)cc3)c2n1. The Bertz CT molecular complexity index is 1050. The molecule has 2 amide bonds. The fourth-order valence-corrected chi connectivity index (χ4v) is 3.16. The number of aryl methyl sites for hydroxylation is 2. The number of urea groups is 1. The van der Waals surface area contributed by atoms with Crippen molar-refractivity contribution in [2.24, 2.45) is 0 Å². The minimum Gasteiger partial charge on any atom is -0.377 e. The van der Waals surface area contributed by atoms with Gasteiger partial charge >= 0.3 is 6.03 Å². The van der Waals surface area contributed by atoms with E-state index in [4.69, 9.17) is 9.84 Å². The van der Waals surface area contributed by atoms with Crippen LogP contribution in [0.15, 0.2) is 24.3 Å². The topological polar surface area (TPSA) is 106 Å². The maximum atomic E-state index is 12.0. The Hall–Kier alpha value is -3.20. The van der Waals surface area contributed by atoms with Crippen molar-refractivity contribution in [2.45, 2.75) is 46.8 Å². The predicted molar refractivity (Wildman–Crippen MR) is 122 cm³/mol. The van der Waals surface area contributed by atoms with Crippen LogP contribution in [0.5, 0.6) is 0 Å². The van der Waals surface area contributed by atoms with Crippen LogP contribution < -0.4 is 16.0 Å². The van der Waals surface area contributed by atoms with E-state index in [-0.39, 0.29) is 18.2 Å². The summed E-state index contributed by atoms with van der Waals surface area (Å²) in [6.45, 7) is 11.0. The molecule has 0 unspecified atom stereocenters. The molecule has 0 saturated carbocycles. The molecule has 3 aromatic rings. The zero-order chi connectivity index (χ0) is 22.6.